The minimum absolute atomic E-state index is 0.0354. The number of anilines is 1. The summed E-state index contributed by atoms with van der Waals surface area (Å²) < 4.78 is 2.48. The zero-order valence-electron chi connectivity index (χ0n) is 10.9. The molecule has 3 aromatic rings. The van der Waals surface area contributed by atoms with Crippen molar-refractivity contribution in [2.45, 2.75) is 0 Å². The summed E-state index contributed by atoms with van der Waals surface area (Å²) in [5.41, 5.74) is 2.28. The van der Waals surface area contributed by atoms with E-state index < -0.39 is 0 Å². The molecule has 2 heterocycles. The summed E-state index contributed by atoms with van der Waals surface area (Å²) in [5.74, 6) is 0.745. The fourth-order valence-electron chi connectivity index (χ4n) is 2.05. The molecule has 0 aliphatic carbocycles. The van der Waals surface area contributed by atoms with E-state index in [0.717, 1.165) is 21.5 Å². The molecule has 7 heteroatoms. The third-order valence-electron chi connectivity index (χ3n) is 3.00. The van der Waals surface area contributed by atoms with E-state index in [1.807, 2.05) is 30.3 Å². The van der Waals surface area contributed by atoms with Crippen molar-refractivity contribution in [2.75, 3.05) is 18.5 Å². The van der Waals surface area contributed by atoms with Crippen molar-refractivity contribution in [2.24, 2.45) is 0 Å². The summed E-state index contributed by atoms with van der Waals surface area (Å²) in [6.07, 6.45) is 1.68. The van der Waals surface area contributed by atoms with Crippen LogP contribution in [0, 0.1) is 0 Å². The lowest BCUT2D eigenvalue weighted by Crippen LogP contribution is -2.10. The number of nitrogens with one attached hydrogen (secondary N) is 1. The number of nitrogens with zero attached hydrogens (tertiary/aromatic N) is 3. The summed E-state index contributed by atoms with van der Waals surface area (Å²) in [4.78, 5) is 4.60. The number of aliphatic hydroxyl groups is 1. The van der Waals surface area contributed by atoms with Gasteiger partial charge in [0.15, 0.2) is 5.65 Å². The van der Waals surface area contributed by atoms with Gasteiger partial charge in [0.25, 0.3) is 0 Å². The molecule has 21 heavy (non-hydrogen) atoms. The molecule has 0 spiro atoms. The van der Waals surface area contributed by atoms with Gasteiger partial charge in [-0.3, -0.25) is 0 Å². The van der Waals surface area contributed by atoms with Crippen LogP contribution in [0.5, 0.6) is 0 Å². The number of rotatable bonds is 4. The maximum absolute atomic E-state index is 9.00. The molecule has 0 atom stereocenters. The maximum atomic E-state index is 9.00. The number of hydrogen-bond acceptors (Lipinski definition) is 4. The number of aromatic nitrogens is 3. The van der Waals surface area contributed by atoms with Crippen molar-refractivity contribution in [1.82, 2.24) is 14.6 Å². The largest absolute Gasteiger partial charge is 0.395 e. The third kappa shape index (κ3) is 2.74. The Kier molecular flexibility index (Phi) is 4.10. The molecule has 0 saturated heterocycles. The number of benzene rings is 1. The monoisotopic (exact) mass is 366 g/mol. The fraction of sp³-hybridized carbons (Fsp3) is 0.143. The highest BCUT2D eigenvalue weighted by Crippen LogP contribution is 2.30. The molecule has 0 aliphatic heterocycles. The zero-order chi connectivity index (χ0) is 14.8. The molecule has 5 nitrogen and oxygen atoms in total. The van der Waals surface area contributed by atoms with Crippen molar-refractivity contribution >= 4 is 39.0 Å². The van der Waals surface area contributed by atoms with Crippen LogP contribution in [0.3, 0.4) is 0 Å². The van der Waals surface area contributed by atoms with Crippen molar-refractivity contribution < 1.29 is 5.11 Å². The van der Waals surface area contributed by atoms with Crippen LogP contribution >= 0.6 is 27.5 Å². The molecule has 0 fully saturated rings. The summed E-state index contributed by atoms with van der Waals surface area (Å²) in [5, 5.41) is 17.0. The first-order chi connectivity index (χ1) is 10.2. The Morgan fingerprint density at radius 1 is 1.33 bits per heavy atom. The Morgan fingerprint density at radius 2 is 2.14 bits per heavy atom. The van der Waals surface area contributed by atoms with Crippen molar-refractivity contribution in [1.29, 1.82) is 0 Å². The highest BCUT2D eigenvalue weighted by molar-refractivity contribution is 9.10. The molecule has 108 valence electrons. The van der Waals surface area contributed by atoms with Gasteiger partial charge < -0.3 is 10.4 Å². The fourth-order valence-corrected chi connectivity index (χ4v) is 2.63. The van der Waals surface area contributed by atoms with Gasteiger partial charge in [-0.15, -0.1) is 0 Å². The van der Waals surface area contributed by atoms with Crippen LogP contribution in [-0.4, -0.2) is 32.9 Å². The van der Waals surface area contributed by atoms with E-state index in [-0.39, 0.29) is 6.61 Å². The van der Waals surface area contributed by atoms with Crippen molar-refractivity contribution in [3.63, 3.8) is 0 Å². The topological polar surface area (TPSA) is 62.5 Å². The molecule has 0 aliphatic rings. The second kappa shape index (κ2) is 6.01. The van der Waals surface area contributed by atoms with Crippen LogP contribution in [0.15, 0.2) is 41.0 Å². The third-order valence-corrected chi connectivity index (χ3v) is 3.89. The van der Waals surface area contributed by atoms with E-state index in [2.05, 4.69) is 31.3 Å². The van der Waals surface area contributed by atoms with Gasteiger partial charge in [-0.25, -0.2) is 4.98 Å². The maximum Gasteiger partial charge on any atom is 0.172 e. The SMILES string of the molecule is OCCNc1cc(-c2ccccc2Cl)nc2c(Br)cnn12. The lowest BCUT2D eigenvalue weighted by molar-refractivity contribution is 0.311. The van der Waals surface area contributed by atoms with Crippen LogP contribution in [0.4, 0.5) is 5.82 Å². The Balaban J connectivity index is 2.19. The molecule has 0 saturated carbocycles. The Bertz CT molecular complexity index is 790. The number of hydrogen-bond donors (Lipinski definition) is 2. The van der Waals surface area contributed by atoms with Crippen molar-refractivity contribution in [3.05, 3.63) is 46.0 Å². The normalized spacial score (nSPS) is 11.0. The quantitative estimate of drug-likeness (QED) is 0.743. The highest BCUT2D eigenvalue weighted by atomic mass is 79.9. The van der Waals surface area contributed by atoms with Gasteiger partial charge in [0.1, 0.15) is 5.82 Å². The van der Waals surface area contributed by atoms with E-state index in [1.165, 1.54) is 0 Å². The van der Waals surface area contributed by atoms with E-state index in [1.54, 1.807) is 10.7 Å². The molecular formula is C14H12BrClN4O. The van der Waals surface area contributed by atoms with Crippen LogP contribution in [0.1, 0.15) is 0 Å². The van der Waals surface area contributed by atoms with Crippen molar-refractivity contribution in [3.8, 4) is 11.3 Å². The average Bonchev–Trinajstić information content (AvgIpc) is 2.87. The molecule has 2 aromatic heterocycles. The highest BCUT2D eigenvalue weighted by Gasteiger charge is 2.12. The van der Waals surface area contributed by atoms with Gasteiger partial charge in [0.2, 0.25) is 0 Å². The molecular weight excluding hydrogens is 356 g/mol. The minimum Gasteiger partial charge on any atom is -0.395 e. The Morgan fingerprint density at radius 3 is 2.90 bits per heavy atom. The second-order valence-corrected chi connectivity index (χ2v) is 5.65. The van der Waals surface area contributed by atoms with E-state index in [9.17, 15) is 0 Å². The minimum atomic E-state index is 0.0354. The number of fused-ring (bicyclic) bond motifs is 1. The number of halogens is 2. The van der Waals surface area contributed by atoms with Crippen LogP contribution in [0.25, 0.3) is 16.9 Å². The van der Waals surface area contributed by atoms with Gasteiger partial charge >= 0.3 is 0 Å². The lowest BCUT2D eigenvalue weighted by Gasteiger charge is -2.10. The zero-order valence-corrected chi connectivity index (χ0v) is 13.3. The van der Waals surface area contributed by atoms with E-state index >= 15 is 0 Å². The molecule has 0 unspecified atom stereocenters. The molecule has 3 rings (SSSR count). The summed E-state index contributed by atoms with van der Waals surface area (Å²) in [6, 6.07) is 9.41. The predicted molar refractivity (Wildman–Crippen MR) is 86.7 cm³/mol. The summed E-state index contributed by atoms with van der Waals surface area (Å²) in [7, 11) is 0. The first-order valence-electron chi connectivity index (χ1n) is 6.34. The predicted octanol–water partition coefficient (Wildman–Crippen LogP) is 3.22. The van der Waals surface area contributed by atoms with Gasteiger partial charge in [-0.05, 0) is 22.0 Å². The van der Waals surface area contributed by atoms with Gasteiger partial charge in [0, 0.05) is 23.2 Å². The van der Waals surface area contributed by atoms with Crippen LogP contribution in [0.2, 0.25) is 5.02 Å². The number of aliphatic hydroxyl groups excluding tert-OH is 1. The average molecular weight is 368 g/mol. The second-order valence-electron chi connectivity index (χ2n) is 4.38. The van der Waals surface area contributed by atoms with Gasteiger partial charge in [-0.1, -0.05) is 29.8 Å². The Hall–Kier alpha value is -1.63. The first-order valence-corrected chi connectivity index (χ1v) is 7.51. The molecule has 2 N–H and O–H groups in total. The molecule has 0 amide bonds. The molecule has 0 radical (unpaired) electrons. The van der Waals surface area contributed by atoms with Crippen LogP contribution < -0.4 is 5.32 Å². The van der Waals surface area contributed by atoms with Crippen LogP contribution in [-0.2, 0) is 0 Å². The smallest absolute Gasteiger partial charge is 0.172 e. The van der Waals surface area contributed by atoms with E-state index in [0.29, 0.717) is 17.2 Å². The molecule has 0 bridgehead atoms. The van der Waals surface area contributed by atoms with E-state index in [4.69, 9.17) is 16.7 Å². The standard InChI is InChI=1S/C14H12BrClN4O/c15-10-8-18-20-13(17-5-6-21)7-12(19-14(10)20)9-3-1-2-4-11(9)16/h1-4,7-8,17,21H,5-6H2. The summed E-state index contributed by atoms with van der Waals surface area (Å²) >= 11 is 9.68. The van der Waals surface area contributed by atoms with Gasteiger partial charge in [0.05, 0.1) is 23.0 Å². The van der Waals surface area contributed by atoms with Gasteiger partial charge in [-0.2, -0.15) is 9.61 Å². The first kappa shape index (κ1) is 14.3. The molecule has 1 aromatic carbocycles. The Labute approximate surface area is 134 Å². The summed E-state index contributed by atoms with van der Waals surface area (Å²) in [6.45, 7) is 0.465. The lowest BCUT2D eigenvalue weighted by atomic mass is 10.1.